The molecule has 0 bridgehead atoms. The number of imidazole rings is 1. The van der Waals surface area contributed by atoms with Crippen LogP contribution < -0.4 is 4.74 Å². The van der Waals surface area contributed by atoms with E-state index in [0.717, 1.165) is 12.3 Å². The highest BCUT2D eigenvalue weighted by molar-refractivity contribution is 5.67. The molecule has 2 rings (SSSR count). The zero-order chi connectivity index (χ0) is 17.4. The molecule has 2 aromatic rings. The minimum atomic E-state index is -4.64. The van der Waals surface area contributed by atoms with Crippen molar-refractivity contribution in [1.82, 2.24) is 9.55 Å². The van der Waals surface area contributed by atoms with E-state index in [2.05, 4.69) is 4.98 Å². The molecule has 126 valence electrons. The molecule has 0 aliphatic carbocycles. The van der Waals surface area contributed by atoms with Crippen molar-refractivity contribution in [3.05, 3.63) is 35.4 Å². The average Bonchev–Trinajstić information content (AvgIpc) is 2.91. The SMILES string of the molecule is COc1cc(CO)cc(F)c1-c1nc(C(F)(F)F)cn1C(C)C. The summed E-state index contributed by atoms with van der Waals surface area (Å²) in [5.41, 5.74) is -1.02. The number of aromatic nitrogens is 2. The quantitative estimate of drug-likeness (QED) is 0.867. The lowest BCUT2D eigenvalue weighted by molar-refractivity contribution is -0.140. The van der Waals surface area contributed by atoms with E-state index < -0.39 is 24.3 Å². The fourth-order valence-electron chi connectivity index (χ4n) is 2.21. The van der Waals surface area contributed by atoms with Crippen molar-refractivity contribution < 1.29 is 27.4 Å². The fourth-order valence-corrected chi connectivity index (χ4v) is 2.21. The summed E-state index contributed by atoms with van der Waals surface area (Å²) >= 11 is 0. The van der Waals surface area contributed by atoms with Crippen molar-refractivity contribution >= 4 is 0 Å². The monoisotopic (exact) mass is 332 g/mol. The van der Waals surface area contributed by atoms with Crippen LogP contribution in [0.25, 0.3) is 11.4 Å². The number of nitrogens with zero attached hydrogens (tertiary/aromatic N) is 2. The smallest absolute Gasteiger partial charge is 0.434 e. The number of ether oxygens (including phenoxy) is 1. The van der Waals surface area contributed by atoms with Crippen LogP contribution in [0.3, 0.4) is 0 Å². The number of alkyl halides is 3. The number of halogens is 4. The Hall–Kier alpha value is -2.09. The van der Waals surface area contributed by atoms with Crippen molar-refractivity contribution in [2.75, 3.05) is 7.11 Å². The molecule has 0 unspecified atom stereocenters. The molecule has 0 atom stereocenters. The highest BCUT2D eigenvalue weighted by Gasteiger charge is 2.36. The van der Waals surface area contributed by atoms with E-state index in [1.807, 2.05) is 0 Å². The molecule has 0 saturated carbocycles. The summed E-state index contributed by atoms with van der Waals surface area (Å²) in [7, 11) is 1.27. The third-order valence-corrected chi connectivity index (χ3v) is 3.32. The largest absolute Gasteiger partial charge is 0.496 e. The van der Waals surface area contributed by atoms with Crippen LogP contribution in [-0.2, 0) is 12.8 Å². The van der Waals surface area contributed by atoms with Gasteiger partial charge in [-0.1, -0.05) is 0 Å². The second kappa shape index (κ2) is 6.19. The maximum Gasteiger partial charge on any atom is 0.434 e. The van der Waals surface area contributed by atoms with Gasteiger partial charge in [-0.2, -0.15) is 13.2 Å². The van der Waals surface area contributed by atoms with Gasteiger partial charge in [0.05, 0.1) is 19.3 Å². The Morgan fingerprint density at radius 1 is 1.30 bits per heavy atom. The lowest BCUT2D eigenvalue weighted by atomic mass is 10.1. The van der Waals surface area contributed by atoms with Crippen LogP contribution in [0.2, 0.25) is 0 Å². The number of hydrogen-bond acceptors (Lipinski definition) is 3. The summed E-state index contributed by atoms with van der Waals surface area (Å²) < 4.78 is 59.5. The Kier molecular flexibility index (Phi) is 4.65. The summed E-state index contributed by atoms with van der Waals surface area (Å²) in [6.45, 7) is 2.91. The normalized spacial score (nSPS) is 12.0. The van der Waals surface area contributed by atoms with Crippen molar-refractivity contribution in [1.29, 1.82) is 0 Å². The van der Waals surface area contributed by atoms with Crippen LogP contribution in [0, 0.1) is 5.82 Å². The molecule has 1 N–H and O–H groups in total. The zero-order valence-electron chi connectivity index (χ0n) is 12.8. The van der Waals surface area contributed by atoms with E-state index in [-0.39, 0.29) is 28.7 Å². The van der Waals surface area contributed by atoms with Gasteiger partial charge in [-0.05, 0) is 31.5 Å². The molecule has 0 radical (unpaired) electrons. The molecule has 1 aromatic heterocycles. The summed E-state index contributed by atoms with van der Waals surface area (Å²) in [6.07, 6.45) is -3.79. The number of aliphatic hydroxyl groups is 1. The second-order valence-electron chi connectivity index (χ2n) is 5.26. The molecule has 1 heterocycles. The molecule has 0 spiro atoms. The van der Waals surface area contributed by atoms with E-state index >= 15 is 0 Å². The second-order valence-corrected chi connectivity index (χ2v) is 5.26. The molecule has 0 amide bonds. The van der Waals surface area contributed by atoms with Crippen molar-refractivity contribution in [2.45, 2.75) is 32.7 Å². The topological polar surface area (TPSA) is 47.3 Å². The van der Waals surface area contributed by atoms with Gasteiger partial charge < -0.3 is 14.4 Å². The van der Waals surface area contributed by atoms with Gasteiger partial charge in [0.25, 0.3) is 0 Å². The van der Waals surface area contributed by atoms with Gasteiger partial charge in [-0.15, -0.1) is 0 Å². The first-order valence-corrected chi connectivity index (χ1v) is 6.82. The van der Waals surface area contributed by atoms with E-state index in [1.165, 1.54) is 17.7 Å². The number of rotatable bonds is 4. The predicted molar refractivity (Wildman–Crippen MR) is 75.5 cm³/mol. The predicted octanol–water partition coefficient (Wildman–Crippen LogP) is 3.79. The van der Waals surface area contributed by atoms with E-state index in [9.17, 15) is 17.6 Å². The van der Waals surface area contributed by atoms with Crippen LogP contribution >= 0.6 is 0 Å². The third-order valence-electron chi connectivity index (χ3n) is 3.32. The molecule has 0 saturated heterocycles. The summed E-state index contributed by atoms with van der Waals surface area (Å²) in [5, 5.41) is 9.11. The van der Waals surface area contributed by atoms with Crippen LogP contribution in [0.5, 0.6) is 5.75 Å². The van der Waals surface area contributed by atoms with Crippen LogP contribution in [0.4, 0.5) is 17.6 Å². The summed E-state index contributed by atoms with van der Waals surface area (Å²) in [5.74, 6) is -0.976. The van der Waals surface area contributed by atoms with Crippen LogP contribution in [0.15, 0.2) is 18.3 Å². The Morgan fingerprint density at radius 2 is 1.96 bits per heavy atom. The molecular formula is C15H16F4N2O2. The van der Waals surface area contributed by atoms with Gasteiger partial charge in [0, 0.05) is 12.2 Å². The highest BCUT2D eigenvalue weighted by Crippen LogP contribution is 2.37. The lowest BCUT2D eigenvalue weighted by Gasteiger charge is -2.15. The first-order chi connectivity index (χ1) is 10.7. The Bertz CT molecular complexity index is 708. The minimum Gasteiger partial charge on any atom is -0.496 e. The van der Waals surface area contributed by atoms with Gasteiger partial charge in [-0.3, -0.25) is 0 Å². The number of methoxy groups -OCH3 is 1. The van der Waals surface area contributed by atoms with Crippen molar-refractivity contribution in [3.63, 3.8) is 0 Å². The Morgan fingerprint density at radius 3 is 2.43 bits per heavy atom. The number of hydrogen-bond donors (Lipinski definition) is 1. The molecule has 0 fully saturated rings. The minimum absolute atomic E-state index is 0.00951. The highest BCUT2D eigenvalue weighted by atomic mass is 19.4. The van der Waals surface area contributed by atoms with E-state index in [4.69, 9.17) is 9.84 Å². The molecule has 8 heteroatoms. The summed E-state index contributed by atoms with van der Waals surface area (Å²) in [6, 6.07) is 2.05. The fraction of sp³-hybridized carbons (Fsp3) is 0.400. The first kappa shape index (κ1) is 17.3. The molecular weight excluding hydrogens is 316 g/mol. The summed E-state index contributed by atoms with van der Waals surface area (Å²) in [4.78, 5) is 3.55. The Balaban J connectivity index is 2.73. The maximum atomic E-state index is 14.4. The van der Waals surface area contributed by atoms with Crippen molar-refractivity contribution in [2.24, 2.45) is 0 Å². The molecule has 4 nitrogen and oxygen atoms in total. The van der Waals surface area contributed by atoms with Crippen molar-refractivity contribution in [3.8, 4) is 17.1 Å². The zero-order valence-corrected chi connectivity index (χ0v) is 12.8. The van der Waals surface area contributed by atoms with Crippen LogP contribution in [-0.4, -0.2) is 21.8 Å². The van der Waals surface area contributed by atoms with Gasteiger partial charge >= 0.3 is 6.18 Å². The van der Waals surface area contributed by atoms with Gasteiger partial charge in [0.15, 0.2) is 5.69 Å². The van der Waals surface area contributed by atoms with Gasteiger partial charge in [0.1, 0.15) is 17.4 Å². The molecule has 0 aliphatic rings. The van der Waals surface area contributed by atoms with Gasteiger partial charge in [-0.25, -0.2) is 9.37 Å². The molecule has 1 aromatic carbocycles. The molecule has 23 heavy (non-hydrogen) atoms. The maximum absolute atomic E-state index is 14.4. The first-order valence-electron chi connectivity index (χ1n) is 6.82. The van der Waals surface area contributed by atoms with E-state index in [1.54, 1.807) is 13.8 Å². The third kappa shape index (κ3) is 3.31. The number of benzene rings is 1. The Labute approximate surface area is 130 Å². The molecule has 0 aliphatic heterocycles. The standard InChI is InChI=1S/C15H16F4N2O2/c1-8(2)21-6-12(15(17,18)19)20-14(21)13-10(16)4-9(7-22)5-11(13)23-3/h4-6,8,22H,7H2,1-3H3. The van der Waals surface area contributed by atoms with Crippen LogP contribution in [0.1, 0.15) is 31.1 Å². The lowest BCUT2D eigenvalue weighted by Crippen LogP contribution is -2.05. The van der Waals surface area contributed by atoms with E-state index in [0.29, 0.717) is 0 Å². The average molecular weight is 332 g/mol. The van der Waals surface area contributed by atoms with Gasteiger partial charge in [0.2, 0.25) is 0 Å². The number of aliphatic hydroxyl groups excluding tert-OH is 1.